The number of phenols is 1. The van der Waals surface area contributed by atoms with Crippen LogP contribution in [0.3, 0.4) is 0 Å². The molecule has 2 aromatic carbocycles. The van der Waals surface area contributed by atoms with Crippen molar-refractivity contribution in [2.75, 3.05) is 18.4 Å². The molecule has 0 spiro atoms. The Morgan fingerprint density at radius 3 is 2.58 bits per heavy atom. The highest BCUT2D eigenvalue weighted by molar-refractivity contribution is 7.93. The number of aromatic nitrogens is 2. The van der Waals surface area contributed by atoms with E-state index in [0.29, 0.717) is 21.7 Å². The summed E-state index contributed by atoms with van der Waals surface area (Å²) < 4.78 is 40.1. The zero-order valence-electron chi connectivity index (χ0n) is 21.4. The zero-order chi connectivity index (χ0) is 28.7. The van der Waals surface area contributed by atoms with E-state index in [-0.39, 0.29) is 39.8 Å². The molecule has 1 aliphatic heterocycles. The van der Waals surface area contributed by atoms with Gasteiger partial charge in [0.15, 0.2) is 0 Å². The minimum absolute atomic E-state index is 0.00928. The lowest BCUT2D eigenvalue weighted by Gasteiger charge is -2.27. The normalized spacial score (nSPS) is 14.8. The Hall–Kier alpha value is -4.36. The molecule has 0 saturated carbocycles. The first kappa shape index (κ1) is 27.2. The number of nitrogens with one attached hydrogen (secondary N) is 2. The van der Waals surface area contributed by atoms with Crippen molar-refractivity contribution in [3.8, 4) is 27.4 Å². The third kappa shape index (κ3) is 5.12. The van der Waals surface area contributed by atoms with Gasteiger partial charge in [-0.25, -0.2) is 27.6 Å². The van der Waals surface area contributed by atoms with Crippen molar-refractivity contribution in [1.82, 2.24) is 20.2 Å². The molecule has 3 amide bonds. The number of rotatable bonds is 8. The van der Waals surface area contributed by atoms with Gasteiger partial charge in [0.2, 0.25) is 15.8 Å². The second kappa shape index (κ2) is 10.3. The fourth-order valence-electron chi connectivity index (χ4n) is 4.24. The van der Waals surface area contributed by atoms with Crippen molar-refractivity contribution in [1.29, 1.82) is 0 Å². The number of hydrogen-bond acceptors (Lipinski definition) is 9. The highest BCUT2D eigenvalue weighted by atomic mass is 32.2. The molecule has 5 rings (SSSR count). The molecule has 3 heterocycles. The number of phenolic OH excluding ortho intramolecular Hbond substituents is 1. The smallest absolute Gasteiger partial charge is 0.325 e. The number of imide groups is 1. The fourth-order valence-corrected chi connectivity index (χ4v) is 6.98. The van der Waals surface area contributed by atoms with E-state index in [1.54, 1.807) is 44.3 Å². The van der Waals surface area contributed by atoms with Crippen molar-refractivity contribution in [3.63, 3.8) is 0 Å². The van der Waals surface area contributed by atoms with Crippen LogP contribution in [0.25, 0.3) is 21.7 Å². The number of carbonyl (C=O) groups is 2. The number of aromatic hydroxyl groups is 1. The van der Waals surface area contributed by atoms with Gasteiger partial charge in [-0.15, -0.1) is 11.3 Å². The molecule has 0 atom stereocenters. The molecule has 13 heteroatoms. The monoisotopic (exact) mass is 581 g/mol. The molecule has 1 fully saturated rings. The van der Waals surface area contributed by atoms with Crippen molar-refractivity contribution in [3.05, 3.63) is 72.7 Å². The summed E-state index contributed by atoms with van der Waals surface area (Å²) in [6, 6.07) is 13.9. The van der Waals surface area contributed by atoms with Gasteiger partial charge in [-0.3, -0.25) is 10.1 Å². The van der Waals surface area contributed by atoms with Crippen LogP contribution in [0.5, 0.6) is 5.75 Å². The summed E-state index contributed by atoms with van der Waals surface area (Å²) in [4.78, 5) is 34.9. The number of carbonyl (C=O) groups excluding carboxylic acids is 2. The van der Waals surface area contributed by atoms with E-state index >= 15 is 0 Å². The molecule has 1 saturated heterocycles. The predicted octanol–water partition coefficient (Wildman–Crippen LogP) is 4.29. The SMILES string of the molecule is CC1(C)C(=O)NC(=O)N1CCNc1ncc(-c2cccc(O)c2)c(-c2ccc(S(=O)(=O)c3cccc(F)c3)s2)n1. The third-order valence-corrected chi connectivity index (χ3v) is 9.78. The Bertz CT molecular complexity index is 1740. The van der Waals surface area contributed by atoms with Crippen LogP contribution >= 0.6 is 11.3 Å². The van der Waals surface area contributed by atoms with E-state index in [2.05, 4.69) is 20.6 Å². The van der Waals surface area contributed by atoms with Gasteiger partial charge in [0.05, 0.1) is 15.5 Å². The molecule has 40 heavy (non-hydrogen) atoms. The average molecular weight is 582 g/mol. The number of halogens is 1. The quantitative estimate of drug-likeness (QED) is 0.262. The van der Waals surface area contributed by atoms with Crippen LogP contribution in [0.4, 0.5) is 15.1 Å². The molecule has 2 aromatic heterocycles. The zero-order valence-corrected chi connectivity index (χ0v) is 23.0. The highest BCUT2D eigenvalue weighted by Crippen LogP contribution is 2.38. The van der Waals surface area contributed by atoms with E-state index in [9.17, 15) is 27.5 Å². The molecule has 0 aliphatic carbocycles. The lowest BCUT2D eigenvalue weighted by molar-refractivity contribution is -0.125. The van der Waals surface area contributed by atoms with E-state index in [4.69, 9.17) is 0 Å². The lowest BCUT2D eigenvalue weighted by Crippen LogP contribution is -2.46. The molecule has 4 aromatic rings. The Morgan fingerprint density at radius 2 is 1.88 bits per heavy atom. The predicted molar refractivity (Wildman–Crippen MR) is 147 cm³/mol. The Balaban J connectivity index is 1.47. The van der Waals surface area contributed by atoms with Crippen LogP contribution in [0.15, 0.2) is 76.0 Å². The number of urea groups is 1. The van der Waals surface area contributed by atoms with Gasteiger partial charge in [0, 0.05) is 24.8 Å². The van der Waals surface area contributed by atoms with E-state index in [0.717, 1.165) is 17.4 Å². The first-order valence-corrected chi connectivity index (χ1v) is 14.4. The Morgan fingerprint density at radius 1 is 1.10 bits per heavy atom. The maximum absolute atomic E-state index is 13.7. The molecule has 0 unspecified atom stereocenters. The van der Waals surface area contributed by atoms with Crippen LogP contribution in [0.2, 0.25) is 0 Å². The van der Waals surface area contributed by atoms with Gasteiger partial charge >= 0.3 is 6.03 Å². The highest BCUT2D eigenvalue weighted by Gasteiger charge is 2.45. The average Bonchev–Trinajstić information content (AvgIpc) is 3.48. The number of thiophene rings is 1. The second-order valence-electron chi connectivity index (χ2n) is 9.48. The number of nitrogens with zero attached hydrogens (tertiary/aromatic N) is 3. The van der Waals surface area contributed by atoms with Crippen LogP contribution in [0.1, 0.15) is 13.8 Å². The summed E-state index contributed by atoms with van der Waals surface area (Å²) in [6.07, 6.45) is 1.55. The van der Waals surface area contributed by atoms with Crippen LogP contribution in [-0.2, 0) is 14.6 Å². The summed E-state index contributed by atoms with van der Waals surface area (Å²) in [5.41, 5.74) is 0.565. The van der Waals surface area contributed by atoms with Crippen LogP contribution in [-0.4, -0.2) is 59.0 Å². The number of amides is 3. The maximum atomic E-state index is 13.7. The molecule has 206 valence electrons. The van der Waals surface area contributed by atoms with Crippen molar-refractivity contribution >= 4 is 39.1 Å². The van der Waals surface area contributed by atoms with Crippen molar-refractivity contribution < 1.29 is 27.5 Å². The van der Waals surface area contributed by atoms with Gasteiger partial charge in [-0.1, -0.05) is 18.2 Å². The van der Waals surface area contributed by atoms with E-state index in [1.165, 1.54) is 35.2 Å². The number of hydrogen-bond donors (Lipinski definition) is 3. The van der Waals surface area contributed by atoms with Gasteiger partial charge in [0.25, 0.3) is 5.91 Å². The summed E-state index contributed by atoms with van der Waals surface area (Å²) in [7, 11) is -3.98. The molecular weight excluding hydrogens is 557 g/mol. The minimum atomic E-state index is -3.98. The van der Waals surface area contributed by atoms with Gasteiger partial charge in [-0.2, -0.15) is 0 Å². The van der Waals surface area contributed by atoms with Gasteiger partial charge in [-0.05, 0) is 61.9 Å². The minimum Gasteiger partial charge on any atom is -0.508 e. The van der Waals surface area contributed by atoms with Crippen molar-refractivity contribution in [2.24, 2.45) is 0 Å². The van der Waals surface area contributed by atoms with Crippen LogP contribution < -0.4 is 10.6 Å². The maximum Gasteiger partial charge on any atom is 0.325 e. The first-order valence-electron chi connectivity index (χ1n) is 12.1. The lowest BCUT2D eigenvalue weighted by atomic mass is 10.0. The molecule has 1 aliphatic rings. The van der Waals surface area contributed by atoms with Crippen molar-refractivity contribution in [2.45, 2.75) is 28.5 Å². The van der Waals surface area contributed by atoms with Crippen LogP contribution in [0, 0.1) is 5.82 Å². The standard InChI is InChI=1S/C27H24FN5O5S2/c1-27(2)24(35)32-26(36)33(27)12-11-29-25-30-15-20(16-5-3-7-18(34)13-16)23(31-25)21-9-10-22(39-21)40(37,38)19-8-4-6-17(28)14-19/h3-10,13-15,34H,11-12H2,1-2H3,(H,29,30,31)(H,32,35,36). The molecule has 0 radical (unpaired) electrons. The molecule has 10 nitrogen and oxygen atoms in total. The van der Waals surface area contributed by atoms with Gasteiger partial charge < -0.3 is 15.3 Å². The summed E-state index contributed by atoms with van der Waals surface area (Å²) >= 11 is 0.970. The third-order valence-electron chi connectivity index (χ3n) is 6.45. The molecule has 0 bridgehead atoms. The molecule has 3 N–H and O–H groups in total. The number of sulfone groups is 1. The number of benzene rings is 2. The Labute approximate surface area is 233 Å². The fraction of sp³-hybridized carbons (Fsp3) is 0.185. The topological polar surface area (TPSA) is 142 Å². The largest absolute Gasteiger partial charge is 0.508 e. The first-order chi connectivity index (χ1) is 19.0. The van der Waals surface area contributed by atoms with E-state index in [1.807, 2.05) is 0 Å². The second-order valence-corrected chi connectivity index (χ2v) is 12.7. The number of anilines is 1. The van der Waals surface area contributed by atoms with Gasteiger partial charge in [0.1, 0.15) is 21.3 Å². The van der Waals surface area contributed by atoms with E-state index < -0.39 is 27.2 Å². The molecular formula is C27H24FN5O5S2. The summed E-state index contributed by atoms with van der Waals surface area (Å²) in [5.74, 6) is -0.791. The Kier molecular flexibility index (Phi) is 7.02. The summed E-state index contributed by atoms with van der Waals surface area (Å²) in [5, 5.41) is 15.4. The summed E-state index contributed by atoms with van der Waals surface area (Å²) in [6.45, 7) is 3.74.